The number of fused-ring (bicyclic) bond motifs is 2. The van der Waals surface area contributed by atoms with Gasteiger partial charge in [0.25, 0.3) is 5.91 Å². The van der Waals surface area contributed by atoms with Gasteiger partial charge in [-0.2, -0.15) is 0 Å². The van der Waals surface area contributed by atoms with Crippen molar-refractivity contribution in [2.75, 3.05) is 37.7 Å². The van der Waals surface area contributed by atoms with Crippen LogP contribution in [0.15, 0.2) is 49.2 Å². The van der Waals surface area contributed by atoms with E-state index in [1.165, 1.54) is 11.9 Å². The number of amides is 1. The lowest BCUT2D eigenvalue weighted by atomic mass is 9.97. The summed E-state index contributed by atoms with van der Waals surface area (Å²) >= 11 is 0. The van der Waals surface area contributed by atoms with Crippen molar-refractivity contribution in [1.82, 2.24) is 24.8 Å². The van der Waals surface area contributed by atoms with E-state index in [0.29, 0.717) is 37.8 Å². The van der Waals surface area contributed by atoms with Crippen molar-refractivity contribution in [2.24, 2.45) is 0 Å². The minimum Gasteiger partial charge on any atom is -0.378 e. The van der Waals surface area contributed by atoms with E-state index in [1.807, 2.05) is 23.1 Å². The summed E-state index contributed by atoms with van der Waals surface area (Å²) in [7, 11) is 0. The largest absolute Gasteiger partial charge is 0.378 e. The Bertz CT molecular complexity index is 1120. The number of carbonyl (C=O) groups is 1. The van der Waals surface area contributed by atoms with Crippen LogP contribution in [-0.2, 0) is 10.2 Å². The average molecular weight is 414 g/mol. The number of benzene rings is 1. The Morgan fingerprint density at radius 1 is 1.03 bits per heavy atom. The molecule has 2 aromatic heterocycles. The molecule has 1 aliphatic carbocycles. The maximum absolute atomic E-state index is 13.0. The van der Waals surface area contributed by atoms with Crippen molar-refractivity contribution in [2.45, 2.75) is 18.3 Å². The molecule has 1 amide bonds. The van der Waals surface area contributed by atoms with Gasteiger partial charge >= 0.3 is 0 Å². The van der Waals surface area contributed by atoms with Gasteiger partial charge in [-0.05, 0) is 36.6 Å². The molecule has 3 aliphatic rings. The molecule has 2 aliphatic heterocycles. The van der Waals surface area contributed by atoms with Gasteiger partial charge in [0.1, 0.15) is 6.33 Å². The molecule has 4 heterocycles. The maximum atomic E-state index is 13.0. The van der Waals surface area contributed by atoms with Crippen molar-refractivity contribution in [3.05, 3.63) is 60.3 Å². The van der Waals surface area contributed by atoms with Gasteiger partial charge in [-0.1, -0.05) is 6.07 Å². The van der Waals surface area contributed by atoms with Crippen LogP contribution in [0.2, 0.25) is 0 Å². The molecule has 8 heteroatoms. The number of anilines is 2. The van der Waals surface area contributed by atoms with Gasteiger partial charge in [-0.3, -0.25) is 4.79 Å². The van der Waals surface area contributed by atoms with Crippen LogP contribution in [-0.4, -0.2) is 63.6 Å². The molecule has 0 atom stereocenters. The van der Waals surface area contributed by atoms with E-state index in [1.54, 1.807) is 18.6 Å². The third kappa shape index (κ3) is 3.14. The predicted molar refractivity (Wildman–Crippen MR) is 114 cm³/mol. The van der Waals surface area contributed by atoms with Crippen molar-refractivity contribution in [3.63, 3.8) is 0 Å². The molecule has 3 aromatic rings. The number of hydrogen-bond donors (Lipinski definition) is 0. The van der Waals surface area contributed by atoms with Gasteiger partial charge < -0.3 is 14.5 Å². The van der Waals surface area contributed by atoms with Crippen molar-refractivity contribution in [3.8, 4) is 11.3 Å². The number of morpholine rings is 1. The molecule has 31 heavy (non-hydrogen) atoms. The summed E-state index contributed by atoms with van der Waals surface area (Å²) in [5, 5.41) is 0. The van der Waals surface area contributed by atoms with E-state index in [0.717, 1.165) is 36.3 Å². The molecule has 6 rings (SSSR count). The normalized spacial score (nSPS) is 18.8. The second kappa shape index (κ2) is 7.09. The third-order valence-electron chi connectivity index (χ3n) is 6.48. The number of ether oxygens (including phenoxy) is 1. The first-order chi connectivity index (χ1) is 15.2. The fourth-order valence-corrected chi connectivity index (χ4v) is 4.57. The van der Waals surface area contributed by atoms with Gasteiger partial charge in [0.15, 0.2) is 0 Å². The summed E-state index contributed by atoms with van der Waals surface area (Å²) < 4.78 is 5.39. The number of aromatic nitrogens is 4. The fraction of sp³-hybridized carbons (Fsp3) is 0.348. The first-order valence-electron chi connectivity index (χ1n) is 10.6. The first kappa shape index (κ1) is 18.4. The molecule has 8 nitrogen and oxygen atoms in total. The highest BCUT2D eigenvalue weighted by atomic mass is 16.5. The summed E-state index contributed by atoms with van der Waals surface area (Å²) in [5.41, 5.74) is 4.87. The van der Waals surface area contributed by atoms with Gasteiger partial charge in [-0.25, -0.2) is 19.9 Å². The van der Waals surface area contributed by atoms with Crippen LogP contribution < -0.4 is 4.90 Å². The molecule has 0 unspecified atom stereocenters. The molecule has 156 valence electrons. The van der Waals surface area contributed by atoms with Crippen LogP contribution in [0, 0.1) is 0 Å². The summed E-state index contributed by atoms with van der Waals surface area (Å²) in [6.45, 7) is 3.32. The van der Waals surface area contributed by atoms with Gasteiger partial charge in [-0.15, -0.1) is 0 Å². The zero-order valence-corrected chi connectivity index (χ0v) is 17.1. The minimum absolute atomic E-state index is 0.0582. The van der Waals surface area contributed by atoms with Crippen LogP contribution in [0.5, 0.6) is 0 Å². The second-order valence-electron chi connectivity index (χ2n) is 8.37. The van der Waals surface area contributed by atoms with Crippen LogP contribution in [0.25, 0.3) is 11.3 Å². The monoisotopic (exact) mass is 414 g/mol. The van der Waals surface area contributed by atoms with Gasteiger partial charge in [0.2, 0.25) is 5.95 Å². The van der Waals surface area contributed by atoms with E-state index in [2.05, 4.69) is 30.9 Å². The number of nitrogens with zero attached hydrogens (tertiary/aromatic N) is 6. The summed E-state index contributed by atoms with van der Waals surface area (Å²) in [4.78, 5) is 34.5. The Morgan fingerprint density at radius 3 is 2.55 bits per heavy atom. The summed E-state index contributed by atoms with van der Waals surface area (Å²) in [6.07, 6.45) is 9.13. The zero-order valence-electron chi connectivity index (χ0n) is 17.1. The predicted octanol–water partition coefficient (Wildman–Crippen LogP) is 2.59. The number of hydrogen-bond acceptors (Lipinski definition) is 7. The molecular weight excluding hydrogens is 392 g/mol. The Hall–Kier alpha value is -3.39. The van der Waals surface area contributed by atoms with Crippen molar-refractivity contribution >= 4 is 17.5 Å². The van der Waals surface area contributed by atoms with Crippen LogP contribution >= 0.6 is 0 Å². The SMILES string of the molecule is O=C(c1ccc2c(c1)N(c1ncc(-c3ccncn3)cn1)CC21CC1)N1CCOCC1. The Balaban J connectivity index is 1.33. The standard InChI is InChI=1S/C23H22N6O2/c30-21(28-7-9-31-10-8-28)16-1-2-18-20(11-16)29(14-23(18)4-5-23)22-25-12-17(13-26-22)19-3-6-24-15-27-19/h1-3,6,11-13,15H,4-5,7-10,14H2. The van der Waals surface area contributed by atoms with Gasteiger partial charge in [0.05, 0.1) is 18.9 Å². The van der Waals surface area contributed by atoms with E-state index in [4.69, 9.17) is 4.74 Å². The Morgan fingerprint density at radius 2 is 1.84 bits per heavy atom. The summed E-state index contributed by atoms with van der Waals surface area (Å²) in [5.74, 6) is 0.710. The number of carbonyl (C=O) groups excluding carboxylic acids is 1. The van der Waals surface area contributed by atoms with E-state index in [-0.39, 0.29) is 11.3 Å². The highest BCUT2D eigenvalue weighted by Gasteiger charge is 2.52. The lowest BCUT2D eigenvalue weighted by Gasteiger charge is -2.27. The molecule has 1 saturated carbocycles. The fourth-order valence-electron chi connectivity index (χ4n) is 4.57. The quantitative estimate of drug-likeness (QED) is 0.651. The summed E-state index contributed by atoms with van der Waals surface area (Å²) in [6, 6.07) is 7.96. The van der Waals surface area contributed by atoms with Crippen LogP contribution in [0.4, 0.5) is 11.6 Å². The smallest absolute Gasteiger partial charge is 0.254 e. The Labute approximate surface area is 179 Å². The highest BCUT2D eigenvalue weighted by molar-refractivity contribution is 5.96. The minimum atomic E-state index is 0.0582. The highest BCUT2D eigenvalue weighted by Crippen LogP contribution is 2.57. The molecule has 0 radical (unpaired) electrons. The third-order valence-corrected chi connectivity index (χ3v) is 6.48. The molecule has 0 N–H and O–H groups in total. The molecule has 0 bridgehead atoms. The molecule has 2 fully saturated rings. The lowest BCUT2D eigenvalue weighted by molar-refractivity contribution is 0.0303. The topological polar surface area (TPSA) is 84.3 Å². The lowest BCUT2D eigenvalue weighted by Crippen LogP contribution is -2.40. The van der Waals surface area contributed by atoms with Crippen LogP contribution in [0.3, 0.4) is 0 Å². The first-order valence-corrected chi connectivity index (χ1v) is 10.6. The molecule has 1 aromatic carbocycles. The molecular formula is C23H22N6O2. The van der Waals surface area contributed by atoms with Gasteiger partial charge in [0, 0.05) is 60.5 Å². The van der Waals surface area contributed by atoms with Crippen molar-refractivity contribution < 1.29 is 9.53 Å². The van der Waals surface area contributed by atoms with E-state index >= 15 is 0 Å². The van der Waals surface area contributed by atoms with Crippen LogP contribution in [0.1, 0.15) is 28.8 Å². The van der Waals surface area contributed by atoms with Crippen molar-refractivity contribution in [1.29, 1.82) is 0 Å². The Kier molecular flexibility index (Phi) is 4.21. The second-order valence-corrected chi connectivity index (χ2v) is 8.37. The van der Waals surface area contributed by atoms with E-state index in [9.17, 15) is 4.79 Å². The maximum Gasteiger partial charge on any atom is 0.254 e. The average Bonchev–Trinajstić information content (AvgIpc) is 3.56. The zero-order chi connectivity index (χ0) is 20.8. The van der Waals surface area contributed by atoms with E-state index < -0.39 is 0 Å². The molecule has 1 spiro atoms. The molecule has 1 saturated heterocycles. The number of rotatable bonds is 3.